The van der Waals surface area contributed by atoms with Crippen molar-refractivity contribution in [3.8, 4) is 0 Å². The monoisotopic (exact) mass is 326 g/mol. The number of carbonyl (C=O) groups is 2. The fraction of sp³-hybridized carbons (Fsp3) is 0.333. The lowest BCUT2D eigenvalue weighted by atomic mass is 9.96. The zero-order chi connectivity index (χ0) is 17.7. The van der Waals surface area contributed by atoms with Crippen LogP contribution in [-0.2, 0) is 11.3 Å². The third kappa shape index (κ3) is 4.62. The maximum atomic E-state index is 12.4. The molecule has 6 heteroatoms. The van der Waals surface area contributed by atoms with Crippen LogP contribution in [0.2, 0.25) is 0 Å². The van der Waals surface area contributed by atoms with Crippen LogP contribution >= 0.6 is 0 Å². The lowest BCUT2D eigenvalue weighted by Gasteiger charge is -2.18. The SMILES string of the molecule is CN(Cc1ccccn1)C(=O)c1ccc(NC(=O)C(C)(C)C)nc1. The van der Waals surface area contributed by atoms with E-state index in [1.54, 1.807) is 30.3 Å². The van der Waals surface area contributed by atoms with E-state index >= 15 is 0 Å². The van der Waals surface area contributed by atoms with Gasteiger partial charge in [-0.25, -0.2) is 4.98 Å². The molecule has 2 heterocycles. The number of nitrogens with zero attached hydrogens (tertiary/aromatic N) is 3. The summed E-state index contributed by atoms with van der Waals surface area (Å²) in [5.74, 6) is 0.155. The van der Waals surface area contributed by atoms with Crippen molar-refractivity contribution in [2.24, 2.45) is 5.41 Å². The van der Waals surface area contributed by atoms with Crippen LogP contribution in [0.3, 0.4) is 0 Å². The molecule has 24 heavy (non-hydrogen) atoms. The summed E-state index contributed by atoms with van der Waals surface area (Å²) in [6.07, 6.45) is 3.16. The Labute approximate surface area is 141 Å². The third-order valence-electron chi connectivity index (χ3n) is 3.41. The average molecular weight is 326 g/mol. The molecular formula is C18H22N4O2. The molecule has 0 saturated heterocycles. The Morgan fingerprint density at radius 3 is 2.42 bits per heavy atom. The number of carbonyl (C=O) groups excluding carboxylic acids is 2. The first-order valence-electron chi connectivity index (χ1n) is 7.70. The van der Waals surface area contributed by atoms with Crippen molar-refractivity contribution in [3.05, 3.63) is 54.0 Å². The van der Waals surface area contributed by atoms with Gasteiger partial charge < -0.3 is 10.2 Å². The largest absolute Gasteiger partial charge is 0.336 e. The molecule has 0 spiro atoms. The molecule has 0 atom stereocenters. The molecule has 0 unspecified atom stereocenters. The average Bonchev–Trinajstić information content (AvgIpc) is 2.55. The summed E-state index contributed by atoms with van der Waals surface area (Å²) in [6.45, 7) is 5.90. The van der Waals surface area contributed by atoms with Crippen molar-refractivity contribution in [2.45, 2.75) is 27.3 Å². The third-order valence-corrected chi connectivity index (χ3v) is 3.41. The summed E-state index contributed by atoms with van der Waals surface area (Å²) in [5.41, 5.74) is 0.775. The van der Waals surface area contributed by atoms with E-state index < -0.39 is 5.41 Å². The van der Waals surface area contributed by atoms with Crippen LogP contribution in [0.1, 0.15) is 36.8 Å². The molecule has 126 valence electrons. The van der Waals surface area contributed by atoms with Crippen LogP contribution in [-0.4, -0.2) is 33.7 Å². The highest BCUT2D eigenvalue weighted by Crippen LogP contribution is 2.16. The topological polar surface area (TPSA) is 75.2 Å². The molecule has 2 aromatic rings. The Bertz CT molecular complexity index is 706. The molecule has 0 fully saturated rings. The second-order valence-electron chi connectivity index (χ2n) is 6.62. The maximum absolute atomic E-state index is 12.4. The molecule has 6 nitrogen and oxygen atoms in total. The van der Waals surface area contributed by atoms with Crippen LogP contribution in [0.15, 0.2) is 42.7 Å². The first-order valence-corrected chi connectivity index (χ1v) is 7.70. The highest BCUT2D eigenvalue weighted by molar-refractivity contribution is 5.95. The van der Waals surface area contributed by atoms with E-state index in [4.69, 9.17) is 0 Å². The number of aromatic nitrogens is 2. The van der Waals surface area contributed by atoms with E-state index in [0.717, 1.165) is 5.69 Å². The van der Waals surface area contributed by atoms with Crippen molar-refractivity contribution in [2.75, 3.05) is 12.4 Å². The standard InChI is InChI=1S/C18H22N4O2/c1-18(2,3)17(24)21-15-9-8-13(11-20-15)16(23)22(4)12-14-7-5-6-10-19-14/h5-11H,12H2,1-4H3,(H,20,21,24). The minimum atomic E-state index is -0.501. The quantitative estimate of drug-likeness (QED) is 0.937. The van der Waals surface area contributed by atoms with Gasteiger partial charge in [0.25, 0.3) is 5.91 Å². The van der Waals surface area contributed by atoms with Crippen LogP contribution in [0.25, 0.3) is 0 Å². The summed E-state index contributed by atoms with van der Waals surface area (Å²) in [6, 6.07) is 8.87. The number of hydrogen-bond acceptors (Lipinski definition) is 4. The van der Waals surface area contributed by atoms with E-state index in [-0.39, 0.29) is 11.8 Å². The van der Waals surface area contributed by atoms with Crippen molar-refractivity contribution >= 4 is 17.6 Å². The summed E-state index contributed by atoms with van der Waals surface area (Å²) >= 11 is 0. The molecule has 0 aliphatic carbocycles. The van der Waals surface area contributed by atoms with Crippen LogP contribution in [0, 0.1) is 5.41 Å². The van der Waals surface area contributed by atoms with Crippen molar-refractivity contribution in [3.63, 3.8) is 0 Å². The normalized spacial score (nSPS) is 11.0. The summed E-state index contributed by atoms with van der Waals surface area (Å²) in [7, 11) is 1.71. The molecule has 1 N–H and O–H groups in total. The minimum absolute atomic E-state index is 0.124. The second kappa shape index (κ2) is 7.21. The molecule has 0 bridgehead atoms. The van der Waals surface area contributed by atoms with Crippen LogP contribution in [0.5, 0.6) is 0 Å². The van der Waals surface area contributed by atoms with Gasteiger partial charge in [-0.05, 0) is 24.3 Å². The van der Waals surface area contributed by atoms with Gasteiger partial charge in [-0.15, -0.1) is 0 Å². The lowest BCUT2D eigenvalue weighted by molar-refractivity contribution is -0.123. The number of rotatable bonds is 4. The first kappa shape index (κ1) is 17.6. The van der Waals surface area contributed by atoms with Gasteiger partial charge in [-0.3, -0.25) is 14.6 Å². The predicted octanol–water partition coefficient (Wildman–Crippen LogP) is 2.73. The highest BCUT2D eigenvalue weighted by atomic mass is 16.2. The smallest absolute Gasteiger partial charge is 0.255 e. The fourth-order valence-corrected chi connectivity index (χ4v) is 1.92. The van der Waals surface area contributed by atoms with E-state index in [1.807, 2.05) is 39.0 Å². The van der Waals surface area contributed by atoms with Crippen molar-refractivity contribution in [1.82, 2.24) is 14.9 Å². The van der Waals surface area contributed by atoms with Gasteiger partial charge in [0.05, 0.1) is 17.8 Å². The molecule has 2 rings (SSSR count). The van der Waals surface area contributed by atoms with Gasteiger partial charge >= 0.3 is 0 Å². The Morgan fingerprint density at radius 2 is 1.88 bits per heavy atom. The maximum Gasteiger partial charge on any atom is 0.255 e. The van der Waals surface area contributed by atoms with Crippen LogP contribution < -0.4 is 5.32 Å². The minimum Gasteiger partial charge on any atom is -0.336 e. The van der Waals surface area contributed by atoms with E-state index in [2.05, 4.69) is 15.3 Å². The molecule has 0 aromatic carbocycles. The van der Waals surface area contributed by atoms with Crippen molar-refractivity contribution < 1.29 is 9.59 Å². The number of amides is 2. The molecule has 0 radical (unpaired) electrons. The summed E-state index contributed by atoms with van der Waals surface area (Å²) in [5, 5.41) is 2.73. The molecular weight excluding hydrogens is 304 g/mol. The predicted molar refractivity (Wildman–Crippen MR) is 92.4 cm³/mol. The number of pyridine rings is 2. The first-order chi connectivity index (χ1) is 11.3. The van der Waals surface area contributed by atoms with Gasteiger partial charge in [0.2, 0.25) is 5.91 Å². The molecule has 0 aliphatic rings. The van der Waals surface area contributed by atoms with E-state index in [9.17, 15) is 9.59 Å². The Balaban J connectivity index is 2.02. The van der Waals surface area contributed by atoms with Gasteiger partial charge in [0.15, 0.2) is 0 Å². The Kier molecular flexibility index (Phi) is 5.28. The molecule has 2 amide bonds. The summed E-state index contributed by atoms with van der Waals surface area (Å²) < 4.78 is 0. The molecule has 2 aromatic heterocycles. The zero-order valence-corrected chi connectivity index (χ0v) is 14.4. The van der Waals surface area contributed by atoms with Crippen molar-refractivity contribution in [1.29, 1.82) is 0 Å². The number of anilines is 1. The number of hydrogen-bond donors (Lipinski definition) is 1. The second-order valence-corrected chi connectivity index (χ2v) is 6.62. The van der Waals surface area contributed by atoms with Gasteiger partial charge in [-0.1, -0.05) is 26.8 Å². The van der Waals surface area contributed by atoms with Crippen LogP contribution in [0.4, 0.5) is 5.82 Å². The zero-order valence-electron chi connectivity index (χ0n) is 14.4. The Morgan fingerprint density at radius 1 is 1.12 bits per heavy atom. The summed E-state index contributed by atoms with van der Waals surface area (Å²) in [4.78, 5) is 34.3. The van der Waals surface area contributed by atoms with E-state index in [0.29, 0.717) is 17.9 Å². The number of nitrogens with one attached hydrogen (secondary N) is 1. The Hall–Kier alpha value is -2.76. The molecule has 0 aliphatic heterocycles. The molecule has 0 saturated carbocycles. The fourth-order valence-electron chi connectivity index (χ4n) is 1.92. The highest BCUT2D eigenvalue weighted by Gasteiger charge is 2.21. The lowest BCUT2D eigenvalue weighted by Crippen LogP contribution is -2.28. The van der Waals surface area contributed by atoms with Gasteiger partial charge in [0, 0.05) is 24.9 Å². The van der Waals surface area contributed by atoms with Gasteiger partial charge in [0.1, 0.15) is 5.82 Å². The van der Waals surface area contributed by atoms with E-state index in [1.165, 1.54) is 6.20 Å². The van der Waals surface area contributed by atoms with Gasteiger partial charge in [-0.2, -0.15) is 0 Å².